The maximum atomic E-state index is 12.6. The number of aryl methyl sites for hydroxylation is 2. The average Bonchev–Trinajstić information content (AvgIpc) is 3.22. The summed E-state index contributed by atoms with van der Waals surface area (Å²) in [5, 5.41) is 3.81. The molecule has 0 N–H and O–H groups in total. The first-order valence-electron chi connectivity index (χ1n) is 7.99. The van der Waals surface area contributed by atoms with Gasteiger partial charge < -0.3 is 0 Å². The molecule has 1 aliphatic carbocycles. The molecular weight excluding hydrogens is 304 g/mol. The molecule has 0 fully saturated rings. The van der Waals surface area contributed by atoms with Gasteiger partial charge in [-0.25, -0.2) is 9.36 Å². The summed E-state index contributed by atoms with van der Waals surface area (Å²) in [5.41, 5.74) is 3.92. The molecular formula is C19H16N2O3. The minimum absolute atomic E-state index is 0.0780. The van der Waals surface area contributed by atoms with Gasteiger partial charge in [0.1, 0.15) is 0 Å². The highest BCUT2D eigenvalue weighted by molar-refractivity contribution is 5.96. The van der Waals surface area contributed by atoms with Gasteiger partial charge in [-0.15, -0.1) is 0 Å². The van der Waals surface area contributed by atoms with Crippen LogP contribution in [0.4, 0.5) is 0 Å². The van der Waals surface area contributed by atoms with Crippen molar-refractivity contribution in [3.05, 3.63) is 75.8 Å². The molecule has 3 aromatic rings. The quantitative estimate of drug-likeness (QED) is 0.693. The van der Waals surface area contributed by atoms with E-state index in [1.165, 1.54) is 15.7 Å². The van der Waals surface area contributed by atoms with Crippen LogP contribution in [0.1, 0.15) is 27.9 Å². The number of hydrogen-bond donors (Lipinski definition) is 0. The third-order valence-corrected chi connectivity index (χ3v) is 4.44. The van der Waals surface area contributed by atoms with Crippen molar-refractivity contribution in [2.24, 2.45) is 0 Å². The first kappa shape index (κ1) is 14.6. The normalized spacial score (nSPS) is 13.0. The smallest absolute Gasteiger partial charge is 0.295 e. The standard InChI is InChI=1S/C19H16N2O3/c22-17(16-10-9-13-7-4-8-15(13)11-16)12-21-18(20-24-19(21)23)14-5-2-1-3-6-14/h1-3,5-6,9-11H,4,7-8,12H2. The van der Waals surface area contributed by atoms with Crippen LogP contribution in [0, 0.1) is 0 Å². The van der Waals surface area contributed by atoms with Crippen LogP contribution < -0.4 is 5.76 Å². The molecule has 5 nitrogen and oxygen atoms in total. The van der Waals surface area contributed by atoms with Crippen LogP contribution in [-0.4, -0.2) is 15.5 Å². The fraction of sp³-hybridized carbons (Fsp3) is 0.211. The molecule has 1 aromatic heterocycles. The molecule has 0 radical (unpaired) electrons. The van der Waals surface area contributed by atoms with Gasteiger partial charge in [0.15, 0.2) is 11.6 Å². The van der Waals surface area contributed by atoms with Crippen molar-refractivity contribution in [3.63, 3.8) is 0 Å². The van der Waals surface area contributed by atoms with Crippen molar-refractivity contribution >= 4 is 5.78 Å². The van der Waals surface area contributed by atoms with Gasteiger partial charge in [-0.05, 0) is 36.5 Å². The Labute approximate surface area is 138 Å². The number of hydrogen-bond acceptors (Lipinski definition) is 4. The molecule has 4 rings (SSSR count). The Morgan fingerprint density at radius 3 is 2.71 bits per heavy atom. The second kappa shape index (κ2) is 5.92. The molecule has 0 aliphatic heterocycles. The second-order valence-corrected chi connectivity index (χ2v) is 5.98. The lowest BCUT2D eigenvalue weighted by atomic mass is 10.0. The SMILES string of the molecule is O=C(Cn1c(-c2ccccc2)noc1=O)c1ccc2c(c1)CCC2. The van der Waals surface area contributed by atoms with E-state index < -0.39 is 5.76 Å². The van der Waals surface area contributed by atoms with Crippen molar-refractivity contribution in [2.75, 3.05) is 0 Å². The minimum atomic E-state index is -0.622. The lowest BCUT2D eigenvalue weighted by molar-refractivity contribution is 0.0969. The van der Waals surface area contributed by atoms with Crippen molar-refractivity contribution in [2.45, 2.75) is 25.8 Å². The van der Waals surface area contributed by atoms with Gasteiger partial charge in [-0.2, -0.15) is 0 Å². The Balaban J connectivity index is 1.65. The lowest BCUT2D eigenvalue weighted by Gasteiger charge is -2.06. The Morgan fingerprint density at radius 1 is 1.08 bits per heavy atom. The van der Waals surface area contributed by atoms with Gasteiger partial charge >= 0.3 is 5.76 Å². The number of nitrogens with zero attached hydrogens (tertiary/aromatic N) is 2. The van der Waals surface area contributed by atoms with Gasteiger partial charge in [-0.3, -0.25) is 9.32 Å². The Bertz CT molecular complexity index is 954. The van der Waals surface area contributed by atoms with Gasteiger partial charge in [0.25, 0.3) is 0 Å². The highest BCUT2D eigenvalue weighted by atomic mass is 16.5. The summed E-state index contributed by atoms with van der Waals surface area (Å²) in [5.74, 6) is -0.370. The van der Waals surface area contributed by atoms with Crippen molar-refractivity contribution in [3.8, 4) is 11.4 Å². The third-order valence-electron chi connectivity index (χ3n) is 4.44. The zero-order valence-electron chi connectivity index (χ0n) is 13.1. The number of carbonyl (C=O) groups is 1. The molecule has 120 valence electrons. The van der Waals surface area contributed by atoms with Crippen molar-refractivity contribution < 1.29 is 9.32 Å². The minimum Gasteiger partial charge on any atom is -0.295 e. The largest absolute Gasteiger partial charge is 0.442 e. The van der Waals surface area contributed by atoms with Crippen LogP contribution in [0.5, 0.6) is 0 Å². The van der Waals surface area contributed by atoms with Crippen molar-refractivity contribution in [1.82, 2.24) is 9.72 Å². The summed E-state index contributed by atoms with van der Waals surface area (Å²) in [7, 11) is 0. The molecule has 0 saturated heterocycles. The number of fused-ring (bicyclic) bond motifs is 1. The monoisotopic (exact) mass is 320 g/mol. The topological polar surface area (TPSA) is 65.1 Å². The molecule has 1 aliphatic rings. The molecule has 2 aromatic carbocycles. The highest BCUT2D eigenvalue weighted by Gasteiger charge is 2.18. The first-order valence-corrected chi connectivity index (χ1v) is 7.99. The summed E-state index contributed by atoms with van der Waals surface area (Å²) < 4.78 is 6.05. The van der Waals surface area contributed by atoms with E-state index in [4.69, 9.17) is 4.52 Å². The van der Waals surface area contributed by atoms with Gasteiger partial charge in [0.2, 0.25) is 0 Å². The molecule has 0 unspecified atom stereocenters. The zero-order chi connectivity index (χ0) is 16.5. The Kier molecular flexibility index (Phi) is 3.61. The maximum absolute atomic E-state index is 12.6. The van der Waals surface area contributed by atoms with Crippen LogP contribution in [0.15, 0.2) is 57.8 Å². The van der Waals surface area contributed by atoms with Gasteiger partial charge in [0.05, 0.1) is 6.54 Å². The van der Waals surface area contributed by atoms with E-state index >= 15 is 0 Å². The summed E-state index contributed by atoms with van der Waals surface area (Å²) in [6.45, 7) is -0.0780. The highest BCUT2D eigenvalue weighted by Crippen LogP contribution is 2.23. The number of aromatic nitrogens is 2. The number of Topliss-reactive ketones (excluding diaryl/α,β-unsaturated/α-hetero) is 1. The molecule has 5 heteroatoms. The van der Waals surface area contributed by atoms with E-state index in [1.54, 1.807) is 0 Å². The summed E-state index contributed by atoms with van der Waals surface area (Å²) in [6.07, 6.45) is 3.22. The fourth-order valence-corrected chi connectivity index (χ4v) is 3.18. The van der Waals surface area contributed by atoms with E-state index in [2.05, 4.69) is 5.16 Å². The van der Waals surface area contributed by atoms with Crippen LogP contribution in [-0.2, 0) is 19.4 Å². The molecule has 0 atom stereocenters. The number of carbonyl (C=O) groups excluding carboxylic acids is 1. The van der Waals surface area contributed by atoms with Gasteiger partial charge in [-0.1, -0.05) is 47.6 Å². The summed E-state index contributed by atoms with van der Waals surface area (Å²) >= 11 is 0. The first-order chi connectivity index (χ1) is 11.7. The predicted molar refractivity (Wildman–Crippen MR) is 89.0 cm³/mol. The maximum Gasteiger partial charge on any atom is 0.442 e. The van der Waals surface area contributed by atoms with Crippen LogP contribution in [0.2, 0.25) is 0 Å². The zero-order valence-corrected chi connectivity index (χ0v) is 13.1. The number of rotatable bonds is 4. The van der Waals surface area contributed by atoms with Crippen LogP contribution in [0.25, 0.3) is 11.4 Å². The summed E-state index contributed by atoms with van der Waals surface area (Å²) in [6, 6.07) is 15.0. The van der Waals surface area contributed by atoms with E-state index in [0.717, 1.165) is 24.8 Å². The third kappa shape index (κ3) is 2.58. The molecule has 1 heterocycles. The van der Waals surface area contributed by atoms with E-state index in [1.807, 2.05) is 48.5 Å². The average molecular weight is 320 g/mol. The van der Waals surface area contributed by atoms with Crippen molar-refractivity contribution in [1.29, 1.82) is 0 Å². The van der Waals surface area contributed by atoms with Gasteiger partial charge in [0, 0.05) is 11.1 Å². The molecule has 0 spiro atoms. The second-order valence-electron chi connectivity index (χ2n) is 5.98. The Morgan fingerprint density at radius 2 is 1.88 bits per heavy atom. The van der Waals surface area contributed by atoms with E-state index in [9.17, 15) is 9.59 Å². The molecule has 0 bridgehead atoms. The number of ketones is 1. The van der Waals surface area contributed by atoms with Crippen LogP contribution >= 0.6 is 0 Å². The summed E-state index contributed by atoms with van der Waals surface area (Å²) in [4.78, 5) is 24.6. The predicted octanol–water partition coefficient (Wildman–Crippen LogP) is 2.87. The van der Waals surface area contributed by atoms with E-state index in [-0.39, 0.29) is 12.3 Å². The molecule has 24 heavy (non-hydrogen) atoms. The van der Waals surface area contributed by atoms with E-state index in [0.29, 0.717) is 11.4 Å². The fourth-order valence-electron chi connectivity index (χ4n) is 3.18. The van der Waals surface area contributed by atoms with Crippen LogP contribution in [0.3, 0.4) is 0 Å². The molecule has 0 amide bonds. The molecule has 0 saturated carbocycles. The Hall–Kier alpha value is -2.95. The number of benzene rings is 2. The lowest BCUT2D eigenvalue weighted by Crippen LogP contribution is -2.21.